The van der Waals surface area contributed by atoms with E-state index in [9.17, 15) is 0 Å². The van der Waals surface area contributed by atoms with Crippen LogP contribution in [0.4, 0.5) is 0 Å². The van der Waals surface area contributed by atoms with Gasteiger partial charge in [-0.3, -0.25) is 0 Å². The van der Waals surface area contributed by atoms with Gasteiger partial charge < -0.3 is 18.8 Å². The quantitative estimate of drug-likeness (QED) is 0.404. The Labute approximate surface area is 183 Å². The fourth-order valence-corrected chi connectivity index (χ4v) is 4.28. The Morgan fingerprint density at radius 2 is 1.42 bits per heavy atom. The molecular formula is C26H28N2O3. The van der Waals surface area contributed by atoms with Crippen molar-refractivity contribution in [2.45, 2.75) is 27.3 Å². The summed E-state index contributed by atoms with van der Waals surface area (Å²) in [6, 6.07) is 16.6. The molecule has 0 aliphatic heterocycles. The van der Waals surface area contributed by atoms with Gasteiger partial charge in [0.1, 0.15) is 5.82 Å². The number of nitrogens with zero attached hydrogens (tertiary/aromatic N) is 2. The summed E-state index contributed by atoms with van der Waals surface area (Å²) in [5, 5.41) is 0. The first kappa shape index (κ1) is 20.8. The zero-order chi connectivity index (χ0) is 22.1. The maximum absolute atomic E-state index is 5.58. The first-order chi connectivity index (χ1) is 15.0. The normalized spacial score (nSPS) is 11.0. The molecule has 160 valence electrons. The highest BCUT2D eigenvalue weighted by molar-refractivity contribution is 5.82. The Hall–Kier alpha value is -3.47. The lowest BCUT2D eigenvalue weighted by atomic mass is 9.99. The van der Waals surface area contributed by atoms with E-state index in [0.29, 0.717) is 17.2 Å². The van der Waals surface area contributed by atoms with Crippen LogP contribution >= 0.6 is 0 Å². The van der Waals surface area contributed by atoms with E-state index in [1.165, 1.54) is 22.3 Å². The van der Waals surface area contributed by atoms with Crippen LogP contribution in [-0.4, -0.2) is 30.9 Å². The summed E-state index contributed by atoms with van der Waals surface area (Å²) >= 11 is 0. The molecule has 0 amide bonds. The van der Waals surface area contributed by atoms with Gasteiger partial charge in [0.2, 0.25) is 5.75 Å². The highest BCUT2D eigenvalue weighted by Crippen LogP contribution is 2.41. The van der Waals surface area contributed by atoms with E-state index < -0.39 is 0 Å². The Kier molecular flexibility index (Phi) is 5.59. The summed E-state index contributed by atoms with van der Waals surface area (Å²) in [4.78, 5) is 4.97. The average molecular weight is 417 g/mol. The van der Waals surface area contributed by atoms with E-state index in [1.807, 2.05) is 30.3 Å². The lowest BCUT2D eigenvalue weighted by molar-refractivity contribution is 0.324. The van der Waals surface area contributed by atoms with Crippen LogP contribution in [0.1, 0.15) is 22.3 Å². The number of ether oxygens (including phenoxy) is 3. The van der Waals surface area contributed by atoms with Gasteiger partial charge in [-0.2, -0.15) is 0 Å². The first-order valence-electron chi connectivity index (χ1n) is 10.3. The second-order valence-electron chi connectivity index (χ2n) is 7.80. The summed E-state index contributed by atoms with van der Waals surface area (Å²) in [7, 11) is 4.87. The molecule has 5 nitrogen and oxygen atoms in total. The van der Waals surface area contributed by atoms with Crippen LogP contribution in [0.3, 0.4) is 0 Å². The minimum Gasteiger partial charge on any atom is -0.493 e. The molecule has 0 unspecified atom stereocenters. The van der Waals surface area contributed by atoms with Crippen LogP contribution in [0.5, 0.6) is 17.2 Å². The van der Waals surface area contributed by atoms with Crippen molar-refractivity contribution in [3.63, 3.8) is 0 Å². The van der Waals surface area contributed by atoms with Crippen LogP contribution in [0, 0.1) is 20.8 Å². The molecule has 5 heteroatoms. The number of fused-ring (bicyclic) bond motifs is 1. The smallest absolute Gasteiger partial charge is 0.203 e. The molecule has 1 heterocycles. The molecule has 4 aromatic rings. The zero-order valence-corrected chi connectivity index (χ0v) is 18.9. The Balaban J connectivity index is 1.95. The van der Waals surface area contributed by atoms with E-state index in [4.69, 9.17) is 19.2 Å². The number of methoxy groups -OCH3 is 3. The number of hydrogen-bond donors (Lipinski definition) is 0. The van der Waals surface area contributed by atoms with E-state index in [0.717, 1.165) is 29.0 Å². The molecule has 0 bridgehead atoms. The van der Waals surface area contributed by atoms with Gasteiger partial charge in [0.25, 0.3) is 0 Å². The molecular weight excluding hydrogens is 388 g/mol. The van der Waals surface area contributed by atoms with Gasteiger partial charge in [-0.1, -0.05) is 29.8 Å². The Morgan fingerprint density at radius 3 is 2.00 bits per heavy atom. The molecule has 3 aromatic carbocycles. The second kappa shape index (κ2) is 8.34. The third-order valence-corrected chi connectivity index (χ3v) is 5.73. The highest BCUT2D eigenvalue weighted by Gasteiger charge is 2.19. The number of para-hydroxylation sites is 2. The molecule has 0 atom stereocenters. The van der Waals surface area contributed by atoms with Gasteiger partial charge in [0, 0.05) is 5.56 Å². The fraction of sp³-hybridized carbons (Fsp3) is 0.269. The summed E-state index contributed by atoms with van der Waals surface area (Å²) in [6.07, 6.45) is 0. The molecule has 0 N–H and O–H groups in total. The lowest BCUT2D eigenvalue weighted by Crippen LogP contribution is -2.06. The molecule has 0 aliphatic carbocycles. The van der Waals surface area contributed by atoms with Crippen molar-refractivity contribution >= 4 is 11.0 Å². The highest BCUT2D eigenvalue weighted by atomic mass is 16.5. The van der Waals surface area contributed by atoms with Crippen molar-refractivity contribution in [2.75, 3.05) is 21.3 Å². The Morgan fingerprint density at radius 1 is 0.806 bits per heavy atom. The van der Waals surface area contributed by atoms with Gasteiger partial charge >= 0.3 is 0 Å². The fourth-order valence-electron chi connectivity index (χ4n) is 4.28. The minimum absolute atomic E-state index is 0.571. The van der Waals surface area contributed by atoms with E-state index in [2.05, 4.69) is 43.5 Å². The topological polar surface area (TPSA) is 45.5 Å². The van der Waals surface area contributed by atoms with E-state index >= 15 is 0 Å². The van der Waals surface area contributed by atoms with E-state index in [-0.39, 0.29) is 0 Å². The SMILES string of the molecule is COc1cc(-c2nc3ccccc3n2Cc2c(C)cc(C)cc2C)cc(OC)c1OC. The summed E-state index contributed by atoms with van der Waals surface area (Å²) in [6.45, 7) is 7.21. The van der Waals surface area contributed by atoms with Crippen molar-refractivity contribution in [3.05, 3.63) is 70.8 Å². The second-order valence-corrected chi connectivity index (χ2v) is 7.80. The lowest BCUT2D eigenvalue weighted by Gasteiger charge is -2.17. The number of hydrogen-bond acceptors (Lipinski definition) is 4. The van der Waals surface area contributed by atoms with Gasteiger partial charge in [-0.05, 0) is 61.7 Å². The van der Waals surface area contributed by atoms with Gasteiger partial charge in [0.05, 0.1) is 38.9 Å². The van der Waals surface area contributed by atoms with Crippen molar-refractivity contribution < 1.29 is 14.2 Å². The number of aromatic nitrogens is 2. The number of aryl methyl sites for hydroxylation is 3. The Bertz CT molecular complexity index is 1210. The van der Waals surface area contributed by atoms with Crippen molar-refractivity contribution in [1.29, 1.82) is 0 Å². The van der Waals surface area contributed by atoms with Crippen molar-refractivity contribution in [1.82, 2.24) is 9.55 Å². The molecule has 0 saturated heterocycles. The van der Waals surface area contributed by atoms with Crippen LogP contribution in [0.15, 0.2) is 48.5 Å². The molecule has 31 heavy (non-hydrogen) atoms. The number of rotatable bonds is 6. The number of imidazole rings is 1. The van der Waals surface area contributed by atoms with Gasteiger partial charge in [-0.15, -0.1) is 0 Å². The predicted molar refractivity (Wildman–Crippen MR) is 125 cm³/mol. The van der Waals surface area contributed by atoms with Crippen LogP contribution in [-0.2, 0) is 6.54 Å². The molecule has 0 radical (unpaired) electrons. The van der Waals surface area contributed by atoms with E-state index in [1.54, 1.807) is 21.3 Å². The molecule has 0 aliphatic rings. The molecule has 1 aromatic heterocycles. The third-order valence-electron chi connectivity index (χ3n) is 5.73. The third kappa shape index (κ3) is 3.72. The molecule has 0 saturated carbocycles. The first-order valence-corrected chi connectivity index (χ1v) is 10.3. The maximum atomic E-state index is 5.58. The standard InChI is InChI=1S/C26H28N2O3/c1-16-11-17(2)20(18(3)12-16)15-28-22-10-8-7-9-21(22)27-26(28)19-13-23(29-4)25(31-6)24(14-19)30-5/h7-14H,15H2,1-6H3. The average Bonchev–Trinajstić information content (AvgIpc) is 3.13. The predicted octanol–water partition coefficient (Wildman–Crippen LogP) is 5.70. The summed E-state index contributed by atoms with van der Waals surface area (Å²) in [5.74, 6) is 2.65. The maximum Gasteiger partial charge on any atom is 0.203 e. The zero-order valence-electron chi connectivity index (χ0n) is 18.9. The largest absolute Gasteiger partial charge is 0.493 e. The van der Waals surface area contributed by atoms with Gasteiger partial charge in [-0.25, -0.2) is 4.98 Å². The van der Waals surface area contributed by atoms with Crippen LogP contribution in [0.2, 0.25) is 0 Å². The molecule has 0 spiro atoms. The van der Waals surface area contributed by atoms with Crippen molar-refractivity contribution in [3.8, 4) is 28.6 Å². The summed E-state index contributed by atoms with van der Waals surface area (Å²) < 4.78 is 18.9. The molecule has 4 rings (SSSR count). The minimum atomic E-state index is 0.571. The van der Waals surface area contributed by atoms with Gasteiger partial charge in [0.15, 0.2) is 11.5 Å². The molecule has 0 fully saturated rings. The van der Waals surface area contributed by atoms with Crippen molar-refractivity contribution in [2.24, 2.45) is 0 Å². The van der Waals surface area contributed by atoms with Crippen LogP contribution < -0.4 is 14.2 Å². The monoisotopic (exact) mass is 416 g/mol. The summed E-state index contributed by atoms with van der Waals surface area (Å²) in [5.41, 5.74) is 8.10. The van der Waals surface area contributed by atoms with Crippen LogP contribution in [0.25, 0.3) is 22.4 Å². The number of benzene rings is 3.